The van der Waals surface area contributed by atoms with Gasteiger partial charge in [-0.3, -0.25) is 4.79 Å². The van der Waals surface area contributed by atoms with Gasteiger partial charge in [0.2, 0.25) is 0 Å². The first-order valence-corrected chi connectivity index (χ1v) is 5.37. The summed E-state index contributed by atoms with van der Waals surface area (Å²) >= 11 is 0. The highest BCUT2D eigenvalue weighted by atomic mass is 16.8. The molecule has 3 rings (SSSR count). The lowest BCUT2D eigenvalue weighted by molar-refractivity contribution is -0.192. The van der Waals surface area contributed by atoms with Gasteiger partial charge in [-0.25, -0.2) is 0 Å². The second kappa shape index (κ2) is 2.91. The van der Waals surface area contributed by atoms with Gasteiger partial charge in [0.15, 0.2) is 17.7 Å². The minimum atomic E-state index is -0.423. The van der Waals surface area contributed by atoms with Crippen LogP contribution < -0.4 is 0 Å². The van der Waals surface area contributed by atoms with Crippen molar-refractivity contribution in [2.24, 2.45) is 0 Å². The lowest BCUT2D eigenvalue weighted by Gasteiger charge is -2.31. The van der Waals surface area contributed by atoms with Crippen LogP contribution >= 0.6 is 0 Å². The van der Waals surface area contributed by atoms with E-state index in [4.69, 9.17) is 9.47 Å². The Kier molecular flexibility index (Phi) is 1.79. The van der Waals surface area contributed by atoms with Crippen LogP contribution in [0.1, 0.15) is 32.1 Å². The maximum atomic E-state index is 11.4. The Labute approximate surface area is 83.1 Å². The lowest BCUT2D eigenvalue weighted by Crippen LogP contribution is -2.34. The van der Waals surface area contributed by atoms with Crippen LogP contribution in [-0.2, 0) is 14.3 Å². The predicted octanol–water partition coefficient (Wildman–Crippen LogP) is 1.57. The summed E-state index contributed by atoms with van der Waals surface area (Å²) in [6.07, 6.45) is 8.40. The van der Waals surface area contributed by atoms with Gasteiger partial charge in [0.25, 0.3) is 0 Å². The van der Waals surface area contributed by atoms with Gasteiger partial charge in [-0.2, -0.15) is 0 Å². The van der Waals surface area contributed by atoms with Gasteiger partial charge >= 0.3 is 0 Å². The van der Waals surface area contributed by atoms with Gasteiger partial charge in [0, 0.05) is 12.8 Å². The van der Waals surface area contributed by atoms with Crippen molar-refractivity contribution in [1.29, 1.82) is 0 Å². The fraction of sp³-hybridized carbons (Fsp3) is 0.727. The van der Waals surface area contributed by atoms with Crippen LogP contribution in [0, 0.1) is 0 Å². The van der Waals surface area contributed by atoms with E-state index in [-0.39, 0.29) is 18.0 Å². The standard InChI is InChI=1S/C11H14O3/c12-8-4-5-9-10(8)14-11(13-9)6-2-1-3-7-11/h4-5,9-10H,1-3,6-7H2/t9-,10?/m0/s1. The normalized spacial score (nSPS) is 39.3. The molecule has 2 fully saturated rings. The van der Waals surface area contributed by atoms with E-state index in [0.717, 1.165) is 25.7 Å². The van der Waals surface area contributed by atoms with E-state index >= 15 is 0 Å². The molecule has 0 aromatic heterocycles. The highest BCUT2D eigenvalue weighted by Crippen LogP contribution is 2.42. The Morgan fingerprint density at radius 2 is 2.00 bits per heavy atom. The first kappa shape index (κ1) is 8.62. The topological polar surface area (TPSA) is 35.5 Å². The number of rotatable bonds is 0. The summed E-state index contributed by atoms with van der Waals surface area (Å²) in [5.74, 6) is -0.356. The quantitative estimate of drug-likeness (QED) is 0.587. The van der Waals surface area contributed by atoms with Gasteiger partial charge < -0.3 is 9.47 Å². The molecule has 2 atom stereocenters. The van der Waals surface area contributed by atoms with E-state index in [1.54, 1.807) is 6.08 Å². The van der Waals surface area contributed by atoms with Gasteiger partial charge in [0.1, 0.15) is 6.10 Å². The smallest absolute Gasteiger partial charge is 0.187 e. The molecule has 1 saturated heterocycles. The Hall–Kier alpha value is -0.670. The van der Waals surface area contributed by atoms with Crippen molar-refractivity contribution in [1.82, 2.24) is 0 Å². The van der Waals surface area contributed by atoms with Crippen LogP contribution in [0.5, 0.6) is 0 Å². The second-order valence-electron chi connectivity index (χ2n) is 4.35. The maximum absolute atomic E-state index is 11.4. The van der Waals surface area contributed by atoms with Crippen molar-refractivity contribution in [2.45, 2.75) is 50.1 Å². The van der Waals surface area contributed by atoms with Crippen LogP contribution in [0.15, 0.2) is 12.2 Å². The maximum Gasteiger partial charge on any atom is 0.187 e. The lowest BCUT2D eigenvalue weighted by atomic mass is 9.94. The summed E-state index contributed by atoms with van der Waals surface area (Å²) in [6, 6.07) is 0. The van der Waals surface area contributed by atoms with Crippen molar-refractivity contribution < 1.29 is 14.3 Å². The Morgan fingerprint density at radius 3 is 2.71 bits per heavy atom. The first-order chi connectivity index (χ1) is 6.79. The molecule has 0 radical (unpaired) electrons. The fourth-order valence-electron chi connectivity index (χ4n) is 2.61. The third-order valence-electron chi connectivity index (χ3n) is 3.34. The van der Waals surface area contributed by atoms with Gasteiger partial charge in [-0.15, -0.1) is 0 Å². The molecule has 76 valence electrons. The molecule has 0 N–H and O–H groups in total. The summed E-state index contributed by atoms with van der Waals surface area (Å²) < 4.78 is 11.6. The number of fused-ring (bicyclic) bond motifs is 1. The zero-order valence-corrected chi connectivity index (χ0v) is 8.07. The first-order valence-electron chi connectivity index (χ1n) is 5.37. The van der Waals surface area contributed by atoms with E-state index in [0.29, 0.717) is 0 Å². The van der Waals surface area contributed by atoms with Gasteiger partial charge in [-0.05, 0) is 25.0 Å². The summed E-state index contributed by atoms with van der Waals surface area (Å²) in [7, 11) is 0. The molecule has 3 nitrogen and oxygen atoms in total. The highest BCUT2D eigenvalue weighted by Gasteiger charge is 2.51. The van der Waals surface area contributed by atoms with Crippen molar-refractivity contribution in [2.75, 3.05) is 0 Å². The summed E-state index contributed by atoms with van der Waals surface area (Å²) in [6.45, 7) is 0. The highest BCUT2D eigenvalue weighted by molar-refractivity contribution is 5.97. The van der Waals surface area contributed by atoms with Crippen molar-refractivity contribution in [3.63, 3.8) is 0 Å². The fourth-order valence-corrected chi connectivity index (χ4v) is 2.61. The summed E-state index contributed by atoms with van der Waals surface area (Å²) in [4.78, 5) is 11.4. The van der Waals surface area contributed by atoms with Crippen LogP contribution in [0.4, 0.5) is 0 Å². The third kappa shape index (κ3) is 1.16. The summed E-state index contributed by atoms with van der Waals surface area (Å²) in [5, 5.41) is 0. The molecule has 1 unspecified atom stereocenters. The minimum absolute atomic E-state index is 0.0671. The molecule has 1 heterocycles. The molecule has 2 aliphatic carbocycles. The number of carbonyl (C=O) groups excluding carboxylic acids is 1. The van der Waals surface area contributed by atoms with E-state index in [9.17, 15) is 4.79 Å². The van der Waals surface area contributed by atoms with Crippen LogP contribution in [0.3, 0.4) is 0 Å². The van der Waals surface area contributed by atoms with Crippen LogP contribution in [-0.4, -0.2) is 23.8 Å². The molecule has 1 spiro atoms. The monoisotopic (exact) mass is 194 g/mol. The molecule has 0 aromatic rings. The average molecular weight is 194 g/mol. The molecular weight excluding hydrogens is 180 g/mol. The zero-order chi connectivity index (χ0) is 9.60. The molecule has 0 aromatic carbocycles. The Bertz CT molecular complexity index is 289. The third-order valence-corrected chi connectivity index (χ3v) is 3.34. The van der Waals surface area contributed by atoms with Gasteiger partial charge in [-0.1, -0.05) is 6.42 Å². The van der Waals surface area contributed by atoms with E-state index in [1.165, 1.54) is 6.42 Å². The van der Waals surface area contributed by atoms with Crippen LogP contribution in [0.25, 0.3) is 0 Å². The van der Waals surface area contributed by atoms with E-state index in [2.05, 4.69) is 0 Å². The molecule has 14 heavy (non-hydrogen) atoms. The largest absolute Gasteiger partial charge is 0.339 e. The molecule has 3 heteroatoms. The van der Waals surface area contributed by atoms with Crippen molar-refractivity contribution >= 4 is 5.78 Å². The SMILES string of the molecule is O=C1C=C[C@@H]2OC3(CCCCC3)OC12. The van der Waals surface area contributed by atoms with E-state index < -0.39 is 5.79 Å². The average Bonchev–Trinajstić information content (AvgIpc) is 2.68. The summed E-state index contributed by atoms with van der Waals surface area (Å²) in [5.41, 5.74) is 0. The number of hydrogen-bond donors (Lipinski definition) is 0. The molecule has 3 aliphatic rings. The second-order valence-corrected chi connectivity index (χ2v) is 4.35. The van der Waals surface area contributed by atoms with Crippen molar-refractivity contribution in [3.8, 4) is 0 Å². The van der Waals surface area contributed by atoms with Crippen LogP contribution in [0.2, 0.25) is 0 Å². The number of ketones is 1. The Balaban J connectivity index is 1.80. The predicted molar refractivity (Wildman–Crippen MR) is 49.7 cm³/mol. The Morgan fingerprint density at radius 1 is 1.21 bits per heavy atom. The number of hydrogen-bond acceptors (Lipinski definition) is 3. The van der Waals surface area contributed by atoms with Crippen molar-refractivity contribution in [3.05, 3.63) is 12.2 Å². The number of ether oxygens (including phenoxy) is 2. The molecule has 1 saturated carbocycles. The number of carbonyl (C=O) groups is 1. The molecule has 1 aliphatic heterocycles. The van der Waals surface area contributed by atoms with Gasteiger partial charge in [0.05, 0.1) is 0 Å². The zero-order valence-electron chi connectivity index (χ0n) is 8.07. The molecular formula is C11H14O3. The minimum Gasteiger partial charge on any atom is -0.339 e. The molecule has 0 amide bonds. The van der Waals surface area contributed by atoms with E-state index in [1.807, 2.05) is 6.08 Å². The molecule has 0 bridgehead atoms.